The molecule has 6 heteroatoms. The Labute approximate surface area is 74.6 Å². The molecule has 0 unspecified atom stereocenters. The lowest BCUT2D eigenvalue weighted by molar-refractivity contribution is 1.21. The van der Waals surface area contributed by atoms with Gasteiger partial charge in [0.15, 0.2) is 11.5 Å². The van der Waals surface area contributed by atoms with E-state index in [4.69, 9.17) is 5.73 Å². The van der Waals surface area contributed by atoms with E-state index in [1.165, 1.54) is 25.7 Å². The summed E-state index contributed by atoms with van der Waals surface area (Å²) in [4.78, 5) is 14.4. The van der Waals surface area contributed by atoms with E-state index in [1.54, 1.807) is 0 Å². The Morgan fingerprint density at radius 2 is 2.00 bits per heavy atom. The number of hydrogen-bond acceptors (Lipinski definition) is 5. The number of hydrogen-bond donors (Lipinski definition) is 3. The zero-order valence-electron chi connectivity index (χ0n) is 6.99. The lowest BCUT2D eigenvalue weighted by Crippen LogP contribution is -1.91. The van der Waals surface area contributed by atoms with Crippen molar-refractivity contribution in [1.29, 1.82) is 0 Å². The van der Waals surface area contributed by atoms with Crippen LogP contribution in [0.4, 0.5) is 5.82 Å². The SMILES string of the molecule is C1CN1.Nc1ncnc2nc[nH]c12. The van der Waals surface area contributed by atoms with E-state index in [0.717, 1.165) is 0 Å². The molecule has 13 heavy (non-hydrogen) atoms. The highest BCUT2D eigenvalue weighted by molar-refractivity contribution is 5.80. The molecule has 3 rings (SSSR count). The summed E-state index contributed by atoms with van der Waals surface area (Å²) in [5.41, 5.74) is 6.78. The first-order valence-electron chi connectivity index (χ1n) is 3.98. The van der Waals surface area contributed by atoms with Gasteiger partial charge in [-0.2, -0.15) is 0 Å². The van der Waals surface area contributed by atoms with E-state index in [-0.39, 0.29) is 0 Å². The highest BCUT2D eigenvalue weighted by Gasteiger charge is 1.99. The molecule has 0 bridgehead atoms. The average Bonchev–Trinajstić information content (AvgIpc) is 2.93. The van der Waals surface area contributed by atoms with E-state index in [2.05, 4.69) is 25.3 Å². The van der Waals surface area contributed by atoms with Crippen molar-refractivity contribution in [2.45, 2.75) is 0 Å². The number of nitrogens with one attached hydrogen (secondary N) is 2. The molecule has 1 aliphatic rings. The van der Waals surface area contributed by atoms with Gasteiger partial charge in [0, 0.05) is 13.1 Å². The molecule has 1 fully saturated rings. The molecule has 2 aromatic rings. The van der Waals surface area contributed by atoms with Crippen LogP contribution in [0.15, 0.2) is 12.7 Å². The summed E-state index contributed by atoms with van der Waals surface area (Å²) in [6.45, 7) is 2.50. The fourth-order valence-corrected chi connectivity index (χ4v) is 0.784. The van der Waals surface area contributed by atoms with E-state index >= 15 is 0 Å². The van der Waals surface area contributed by atoms with Crippen LogP contribution < -0.4 is 11.1 Å². The number of rotatable bonds is 0. The predicted molar refractivity (Wildman–Crippen MR) is 49.0 cm³/mol. The number of anilines is 1. The molecule has 0 amide bonds. The second kappa shape index (κ2) is 3.36. The monoisotopic (exact) mass is 178 g/mol. The Morgan fingerprint density at radius 3 is 2.62 bits per heavy atom. The van der Waals surface area contributed by atoms with Crippen LogP contribution >= 0.6 is 0 Å². The minimum Gasteiger partial charge on any atom is -0.382 e. The largest absolute Gasteiger partial charge is 0.382 e. The molecule has 6 nitrogen and oxygen atoms in total. The van der Waals surface area contributed by atoms with Gasteiger partial charge in [-0.3, -0.25) is 0 Å². The van der Waals surface area contributed by atoms with Gasteiger partial charge in [0.05, 0.1) is 6.33 Å². The maximum Gasteiger partial charge on any atom is 0.182 e. The van der Waals surface area contributed by atoms with Crippen molar-refractivity contribution < 1.29 is 0 Å². The highest BCUT2D eigenvalue weighted by Crippen LogP contribution is 2.09. The van der Waals surface area contributed by atoms with Gasteiger partial charge in [-0.25, -0.2) is 15.0 Å². The fourth-order valence-electron chi connectivity index (χ4n) is 0.784. The maximum absolute atomic E-state index is 5.48. The number of aromatic nitrogens is 4. The third-order valence-electron chi connectivity index (χ3n) is 1.50. The Balaban J connectivity index is 0.000000185. The molecular weight excluding hydrogens is 168 g/mol. The fraction of sp³-hybridized carbons (Fsp3) is 0.286. The van der Waals surface area contributed by atoms with Crippen molar-refractivity contribution in [3.63, 3.8) is 0 Å². The Morgan fingerprint density at radius 1 is 1.23 bits per heavy atom. The third kappa shape index (κ3) is 1.91. The van der Waals surface area contributed by atoms with Gasteiger partial charge < -0.3 is 16.0 Å². The van der Waals surface area contributed by atoms with Gasteiger partial charge in [0.1, 0.15) is 11.8 Å². The van der Waals surface area contributed by atoms with E-state index in [0.29, 0.717) is 17.0 Å². The highest BCUT2D eigenvalue weighted by atomic mass is 15.0. The first-order valence-corrected chi connectivity index (χ1v) is 3.98. The first-order chi connectivity index (χ1) is 6.38. The summed E-state index contributed by atoms with van der Waals surface area (Å²) in [5.74, 6) is 0.433. The van der Waals surface area contributed by atoms with E-state index < -0.39 is 0 Å². The molecular formula is C7H10N6. The van der Waals surface area contributed by atoms with Crippen molar-refractivity contribution in [3.8, 4) is 0 Å². The molecule has 1 saturated heterocycles. The molecule has 4 N–H and O–H groups in total. The van der Waals surface area contributed by atoms with Gasteiger partial charge in [0.2, 0.25) is 0 Å². The lowest BCUT2D eigenvalue weighted by atomic mass is 10.5. The summed E-state index contributed by atoms with van der Waals surface area (Å²) < 4.78 is 0. The number of nitrogens with two attached hydrogens (primary N) is 1. The molecule has 0 radical (unpaired) electrons. The molecule has 3 heterocycles. The zero-order chi connectivity index (χ0) is 9.10. The Kier molecular flexibility index (Phi) is 2.05. The molecule has 0 atom stereocenters. The van der Waals surface area contributed by atoms with Crippen molar-refractivity contribution in [2.75, 3.05) is 18.8 Å². The van der Waals surface area contributed by atoms with Crippen LogP contribution in [0.5, 0.6) is 0 Å². The summed E-state index contributed by atoms with van der Waals surface area (Å²) in [6.07, 6.45) is 2.92. The molecule has 1 aliphatic heterocycles. The van der Waals surface area contributed by atoms with Gasteiger partial charge in [-0.1, -0.05) is 0 Å². The van der Waals surface area contributed by atoms with Crippen molar-refractivity contribution >= 4 is 17.0 Å². The van der Waals surface area contributed by atoms with Crippen LogP contribution in [-0.2, 0) is 0 Å². The van der Waals surface area contributed by atoms with Gasteiger partial charge >= 0.3 is 0 Å². The van der Waals surface area contributed by atoms with Crippen LogP contribution in [0.2, 0.25) is 0 Å². The molecule has 0 aromatic carbocycles. The third-order valence-corrected chi connectivity index (χ3v) is 1.50. The number of imidazole rings is 1. The van der Waals surface area contributed by atoms with Gasteiger partial charge in [0.25, 0.3) is 0 Å². The average molecular weight is 178 g/mol. The molecule has 0 spiro atoms. The van der Waals surface area contributed by atoms with Gasteiger partial charge in [-0.05, 0) is 0 Å². The summed E-state index contributed by atoms with van der Waals surface area (Å²) >= 11 is 0. The summed E-state index contributed by atoms with van der Waals surface area (Å²) in [6, 6.07) is 0. The first kappa shape index (κ1) is 7.93. The summed E-state index contributed by atoms with van der Waals surface area (Å²) in [7, 11) is 0. The van der Waals surface area contributed by atoms with Crippen LogP contribution in [0.1, 0.15) is 0 Å². The van der Waals surface area contributed by atoms with Crippen molar-refractivity contribution in [1.82, 2.24) is 25.3 Å². The number of H-pyrrole nitrogens is 1. The Bertz CT molecular complexity index is 390. The smallest absolute Gasteiger partial charge is 0.182 e. The summed E-state index contributed by atoms with van der Waals surface area (Å²) in [5, 5.41) is 3.00. The van der Waals surface area contributed by atoms with Crippen molar-refractivity contribution in [3.05, 3.63) is 12.7 Å². The van der Waals surface area contributed by atoms with Crippen LogP contribution in [-0.4, -0.2) is 33.0 Å². The second-order valence-electron chi connectivity index (χ2n) is 2.61. The second-order valence-corrected chi connectivity index (χ2v) is 2.61. The zero-order valence-corrected chi connectivity index (χ0v) is 6.99. The number of fused-ring (bicyclic) bond motifs is 1. The maximum atomic E-state index is 5.48. The molecule has 0 aliphatic carbocycles. The molecule has 68 valence electrons. The van der Waals surface area contributed by atoms with Crippen molar-refractivity contribution in [2.24, 2.45) is 0 Å². The van der Waals surface area contributed by atoms with E-state index in [9.17, 15) is 0 Å². The minimum absolute atomic E-state index is 0.433. The van der Waals surface area contributed by atoms with Crippen LogP contribution in [0.25, 0.3) is 11.2 Å². The minimum atomic E-state index is 0.433. The predicted octanol–water partition coefficient (Wildman–Crippen LogP) is -0.475. The Hall–Kier alpha value is -1.69. The molecule has 2 aromatic heterocycles. The molecule has 0 saturated carbocycles. The van der Waals surface area contributed by atoms with E-state index in [1.807, 2.05) is 0 Å². The number of nitrogen functional groups attached to an aromatic ring is 1. The number of aromatic amines is 1. The van der Waals surface area contributed by atoms with Crippen LogP contribution in [0.3, 0.4) is 0 Å². The van der Waals surface area contributed by atoms with Gasteiger partial charge in [-0.15, -0.1) is 0 Å². The quantitative estimate of drug-likeness (QED) is 0.473. The normalized spacial score (nSPS) is 13.5. The number of nitrogens with zero attached hydrogens (tertiary/aromatic N) is 3. The topological polar surface area (TPSA) is 102 Å². The standard InChI is InChI=1S/C5H5N5.C2H5N/c6-4-3-5(9-1-7-3)10-2-8-4;1-2-3-1/h1-2H,(H3,6,7,8,9,10);3H,1-2H2. The van der Waals surface area contributed by atoms with Crippen LogP contribution in [0, 0.1) is 0 Å². The lowest BCUT2D eigenvalue weighted by Gasteiger charge is -1.89.